The number of benzene rings is 1. The molecule has 1 aromatic rings. The molecule has 0 saturated carbocycles. The summed E-state index contributed by atoms with van der Waals surface area (Å²) in [4.78, 5) is 14.6. The van der Waals surface area contributed by atoms with Crippen molar-refractivity contribution in [3.63, 3.8) is 0 Å². The molecule has 1 aliphatic rings. The lowest BCUT2D eigenvalue weighted by molar-refractivity contribution is -0.120. The number of nitrogens with zero attached hydrogens (tertiary/aromatic N) is 1. The summed E-state index contributed by atoms with van der Waals surface area (Å²) in [5.41, 5.74) is 0.945. The van der Waals surface area contributed by atoms with Crippen LogP contribution in [0.3, 0.4) is 0 Å². The number of hydrogen-bond donors (Lipinski definition) is 2. The molecule has 0 aliphatic carbocycles. The van der Waals surface area contributed by atoms with Crippen LogP contribution in [0.2, 0.25) is 0 Å². The van der Waals surface area contributed by atoms with Gasteiger partial charge in [-0.1, -0.05) is 18.2 Å². The number of carbonyl (C=O) groups is 1. The Morgan fingerprint density at radius 1 is 1.30 bits per heavy atom. The van der Waals surface area contributed by atoms with Crippen LogP contribution in [0.5, 0.6) is 5.75 Å². The topological polar surface area (TPSA) is 53.6 Å². The quantitative estimate of drug-likeness (QED) is 0.712. The molecule has 0 radical (unpaired) electrons. The van der Waals surface area contributed by atoms with Crippen LogP contribution in [-0.4, -0.2) is 56.2 Å². The van der Waals surface area contributed by atoms with E-state index < -0.39 is 0 Å². The Labute approximate surface area is 139 Å². The minimum atomic E-state index is 0.0603. The number of amides is 1. The minimum Gasteiger partial charge on any atom is -0.491 e. The first-order chi connectivity index (χ1) is 11.1. The van der Waals surface area contributed by atoms with Crippen LogP contribution in [0.15, 0.2) is 24.3 Å². The van der Waals surface area contributed by atoms with Crippen LogP contribution in [0.4, 0.5) is 0 Å². The second-order valence-corrected chi connectivity index (χ2v) is 6.25. The van der Waals surface area contributed by atoms with Crippen molar-refractivity contribution in [1.82, 2.24) is 15.5 Å². The normalized spacial score (nSPS) is 15.6. The molecular weight excluding hydrogens is 290 g/mol. The Morgan fingerprint density at radius 2 is 2.04 bits per heavy atom. The zero-order valence-corrected chi connectivity index (χ0v) is 14.3. The lowest BCUT2D eigenvalue weighted by Gasteiger charge is -2.27. The maximum atomic E-state index is 12.1. The van der Waals surface area contributed by atoms with Crippen molar-refractivity contribution in [1.29, 1.82) is 0 Å². The van der Waals surface area contributed by atoms with Gasteiger partial charge in [0.1, 0.15) is 5.75 Å². The van der Waals surface area contributed by atoms with Gasteiger partial charge in [0.15, 0.2) is 0 Å². The summed E-state index contributed by atoms with van der Waals surface area (Å²) >= 11 is 0. The van der Waals surface area contributed by atoms with E-state index in [1.54, 1.807) is 0 Å². The van der Waals surface area contributed by atoms with Gasteiger partial charge in [-0.25, -0.2) is 0 Å². The van der Waals surface area contributed by atoms with E-state index in [2.05, 4.69) is 15.5 Å². The standard InChI is InChI=1S/C18H29N3O2/c1-15(2)23-17-7-4-3-6-16(17)14-18(22)20-8-5-11-21-12-9-19-10-13-21/h3-4,6-7,15,19H,5,8-14H2,1-2H3,(H,20,22). The average molecular weight is 319 g/mol. The van der Waals surface area contributed by atoms with E-state index in [1.807, 2.05) is 38.1 Å². The summed E-state index contributed by atoms with van der Waals surface area (Å²) in [6.07, 6.45) is 1.48. The van der Waals surface area contributed by atoms with Crippen molar-refractivity contribution < 1.29 is 9.53 Å². The van der Waals surface area contributed by atoms with Crippen molar-refractivity contribution in [3.8, 4) is 5.75 Å². The van der Waals surface area contributed by atoms with Crippen molar-refractivity contribution in [2.75, 3.05) is 39.3 Å². The predicted molar refractivity (Wildman–Crippen MR) is 92.8 cm³/mol. The van der Waals surface area contributed by atoms with E-state index >= 15 is 0 Å². The van der Waals surface area contributed by atoms with E-state index in [1.165, 1.54) is 0 Å². The van der Waals surface area contributed by atoms with Crippen molar-refractivity contribution in [2.24, 2.45) is 0 Å². The van der Waals surface area contributed by atoms with Crippen LogP contribution in [-0.2, 0) is 11.2 Å². The summed E-state index contributed by atoms with van der Waals surface area (Å²) in [5, 5.41) is 6.36. The van der Waals surface area contributed by atoms with Gasteiger partial charge in [-0.3, -0.25) is 4.79 Å². The number of hydrogen-bond acceptors (Lipinski definition) is 4. The number of ether oxygens (including phenoxy) is 1. The van der Waals surface area contributed by atoms with Crippen molar-refractivity contribution in [3.05, 3.63) is 29.8 Å². The fraction of sp³-hybridized carbons (Fsp3) is 0.611. The SMILES string of the molecule is CC(C)Oc1ccccc1CC(=O)NCCCN1CCNCC1. The molecule has 1 saturated heterocycles. The van der Waals surface area contributed by atoms with Gasteiger partial charge in [0.2, 0.25) is 5.91 Å². The molecule has 0 aromatic heterocycles. The van der Waals surface area contributed by atoms with E-state index in [0.29, 0.717) is 6.42 Å². The van der Waals surface area contributed by atoms with Gasteiger partial charge in [0.05, 0.1) is 12.5 Å². The third kappa shape index (κ3) is 6.59. The molecule has 1 heterocycles. The molecular formula is C18H29N3O2. The van der Waals surface area contributed by atoms with Crippen LogP contribution < -0.4 is 15.4 Å². The number of piperazine rings is 1. The van der Waals surface area contributed by atoms with Gasteiger partial charge in [0.25, 0.3) is 0 Å². The predicted octanol–water partition coefficient (Wildman–Crippen LogP) is 1.43. The van der Waals surface area contributed by atoms with Gasteiger partial charge < -0.3 is 20.3 Å². The Bertz CT molecular complexity index is 485. The lowest BCUT2D eigenvalue weighted by atomic mass is 10.1. The van der Waals surface area contributed by atoms with E-state index in [-0.39, 0.29) is 12.0 Å². The molecule has 0 bridgehead atoms. The largest absolute Gasteiger partial charge is 0.491 e. The maximum Gasteiger partial charge on any atom is 0.224 e. The Balaban J connectivity index is 1.70. The highest BCUT2D eigenvalue weighted by Gasteiger charge is 2.11. The molecule has 23 heavy (non-hydrogen) atoms. The maximum absolute atomic E-state index is 12.1. The molecule has 1 amide bonds. The van der Waals surface area contributed by atoms with Gasteiger partial charge in [-0.05, 0) is 32.9 Å². The molecule has 5 nitrogen and oxygen atoms in total. The highest BCUT2D eigenvalue weighted by molar-refractivity contribution is 5.79. The Hall–Kier alpha value is -1.59. The molecule has 1 aliphatic heterocycles. The van der Waals surface area contributed by atoms with Crippen molar-refractivity contribution >= 4 is 5.91 Å². The zero-order valence-electron chi connectivity index (χ0n) is 14.3. The second kappa shape index (κ2) is 9.53. The average Bonchev–Trinajstić information content (AvgIpc) is 2.54. The summed E-state index contributed by atoms with van der Waals surface area (Å²) in [6.45, 7) is 10.1. The molecule has 0 atom stereocenters. The van der Waals surface area contributed by atoms with Crippen LogP contribution in [0.25, 0.3) is 0 Å². The summed E-state index contributed by atoms with van der Waals surface area (Å²) in [7, 11) is 0. The van der Waals surface area contributed by atoms with E-state index in [0.717, 1.165) is 57.0 Å². The van der Waals surface area contributed by atoms with Crippen LogP contribution in [0, 0.1) is 0 Å². The minimum absolute atomic E-state index is 0.0603. The summed E-state index contributed by atoms with van der Waals surface area (Å²) in [5.74, 6) is 0.864. The van der Waals surface area contributed by atoms with E-state index in [4.69, 9.17) is 4.74 Å². The van der Waals surface area contributed by atoms with Gasteiger partial charge in [-0.15, -0.1) is 0 Å². The summed E-state index contributed by atoms with van der Waals surface area (Å²) in [6, 6.07) is 7.76. The molecule has 2 rings (SSSR count). The summed E-state index contributed by atoms with van der Waals surface area (Å²) < 4.78 is 5.76. The van der Waals surface area contributed by atoms with Crippen LogP contribution >= 0.6 is 0 Å². The Kier molecular flexibility index (Phi) is 7.36. The third-order valence-corrected chi connectivity index (χ3v) is 3.87. The molecule has 5 heteroatoms. The molecule has 1 aromatic carbocycles. The molecule has 0 unspecified atom stereocenters. The Morgan fingerprint density at radius 3 is 2.78 bits per heavy atom. The molecule has 1 fully saturated rings. The number of para-hydroxylation sites is 1. The highest BCUT2D eigenvalue weighted by Crippen LogP contribution is 2.19. The van der Waals surface area contributed by atoms with Crippen molar-refractivity contribution in [2.45, 2.75) is 32.8 Å². The smallest absolute Gasteiger partial charge is 0.224 e. The first kappa shape index (κ1) is 17.8. The fourth-order valence-corrected chi connectivity index (χ4v) is 2.72. The van der Waals surface area contributed by atoms with Crippen LogP contribution in [0.1, 0.15) is 25.8 Å². The lowest BCUT2D eigenvalue weighted by Crippen LogP contribution is -2.44. The van der Waals surface area contributed by atoms with Gasteiger partial charge >= 0.3 is 0 Å². The van der Waals surface area contributed by atoms with E-state index in [9.17, 15) is 4.79 Å². The molecule has 128 valence electrons. The second-order valence-electron chi connectivity index (χ2n) is 6.25. The van der Waals surface area contributed by atoms with Gasteiger partial charge in [0, 0.05) is 38.3 Å². The number of nitrogens with one attached hydrogen (secondary N) is 2. The van der Waals surface area contributed by atoms with Gasteiger partial charge in [-0.2, -0.15) is 0 Å². The highest BCUT2D eigenvalue weighted by atomic mass is 16.5. The molecule has 0 spiro atoms. The molecule has 2 N–H and O–H groups in total. The monoisotopic (exact) mass is 319 g/mol. The number of carbonyl (C=O) groups excluding carboxylic acids is 1. The fourth-order valence-electron chi connectivity index (χ4n) is 2.72. The first-order valence-corrected chi connectivity index (χ1v) is 8.59. The number of rotatable bonds is 8. The zero-order chi connectivity index (χ0) is 16.5. The first-order valence-electron chi connectivity index (χ1n) is 8.59. The third-order valence-electron chi connectivity index (χ3n) is 3.87.